The van der Waals surface area contributed by atoms with Gasteiger partial charge in [-0.3, -0.25) is 4.98 Å². The van der Waals surface area contributed by atoms with Crippen LogP contribution in [-0.2, 0) is 0 Å². The van der Waals surface area contributed by atoms with Crippen molar-refractivity contribution in [3.63, 3.8) is 0 Å². The van der Waals surface area contributed by atoms with Gasteiger partial charge in [0.15, 0.2) is 17.5 Å². The van der Waals surface area contributed by atoms with Crippen LogP contribution < -0.4 is 0 Å². The normalized spacial score (nSPS) is 11.4. The van der Waals surface area contributed by atoms with Gasteiger partial charge in [0, 0.05) is 33.0 Å². The molecule has 0 aliphatic carbocycles. The van der Waals surface area contributed by atoms with E-state index in [4.69, 9.17) is 24.4 Å². The molecule has 0 saturated carbocycles. The lowest BCUT2D eigenvalue weighted by Crippen LogP contribution is -2.00. The van der Waals surface area contributed by atoms with Gasteiger partial charge in [-0.25, -0.2) is 19.9 Å². The number of para-hydroxylation sites is 2. The lowest BCUT2D eigenvalue weighted by molar-refractivity contribution is 0.669. The first-order valence-corrected chi connectivity index (χ1v) is 13.3. The molecule has 0 amide bonds. The zero-order chi connectivity index (χ0) is 27.2. The minimum absolute atomic E-state index is 0.585. The molecule has 0 spiro atoms. The third kappa shape index (κ3) is 4.10. The molecule has 0 fully saturated rings. The van der Waals surface area contributed by atoms with Crippen LogP contribution in [0.5, 0.6) is 0 Å². The van der Waals surface area contributed by atoms with Crippen molar-refractivity contribution in [1.29, 1.82) is 0 Å². The number of benzene rings is 5. The Balaban J connectivity index is 1.35. The summed E-state index contributed by atoms with van der Waals surface area (Å²) in [6.07, 6.45) is 1.82. The van der Waals surface area contributed by atoms with E-state index < -0.39 is 0 Å². The number of aromatic nitrogens is 5. The van der Waals surface area contributed by atoms with Crippen LogP contribution in [0.3, 0.4) is 0 Å². The van der Waals surface area contributed by atoms with Crippen molar-refractivity contribution < 1.29 is 4.42 Å². The highest BCUT2D eigenvalue weighted by atomic mass is 16.3. The van der Waals surface area contributed by atoms with Crippen molar-refractivity contribution in [2.24, 2.45) is 0 Å². The van der Waals surface area contributed by atoms with Gasteiger partial charge >= 0.3 is 0 Å². The summed E-state index contributed by atoms with van der Waals surface area (Å²) < 4.78 is 6.30. The van der Waals surface area contributed by atoms with Crippen LogP contribution in [0.1, 0.15) is 0 Å². The minimum atomic E-state index is 0.585. The minimum Gasteiger partial charge on any atom is -0.456 e. The molecule has 0 N–H and O–H groups in total. The van der Waals surface area contributed by atoms with Crippen LogP contribution in [0.4, 0.5) is 0 Å². The van der Waals surface area contributed by atoms with Crippen LogP contribution in [0.2, 0.25) is 0 Å². The predicted molar refractivity (Wildman–Crippen MR) is 162 cm³/mol. The van der Waals surface area contributed by atoms with E-state index in [0.29, 0.717) is 17.5 Å². The Morgan fingerprint density at radius 1 is 0.463 bits per heavy atom. The third-order valence-electron chi connectivity index (χ3n) is 7.18. The van der Waals surface area contributed by atoms with Crippen molar-refractivity contribution in [1.82, 2.24) is 24.9 Å². The van der Waals surface area contributed by atoms with Crippen molar-refractivity contribution in [3.8, 4) is 45.4 Å². The molecule has 5 aromatic carbocycles. The lowest BCUT2D eigenvalue weighted by atomic mass is 10.0. The molecule has 0 unspecified atom stereocenters. The van der Waals surface area contributed by atoms with Gasteiger partial charge in [-0.05, 0) is 36.4 Å². The smallest absolute Gasteiger partial charge is 0.164 e. The van der Waals surface area contributed by atoms with E-state index in [1.165, 1.54) is 0 Å². The van der Waals surface area contributed by atoms with Gasteiger partial charge in [-0.2, -0.15) is 0 Å². The Hall–Kier alpha value is -5.75. The molecule has 0 bridgehead atoms. The maximum Gasteiger partial charge on any atom is 0.164 e. The van der Waals surface area contributed by atoms with Crippen molar-refractivity contribution in [3.05, 3.63) is 128 Å². The number of furan rings is 1. The average molecular weight is 528 g/mol. The van der Waals surface area contributed by atoms with Gasteiger partial charge in [0.2, 0.25) is 0 Å². The summed E-state index contributed by atoms with van der Waals surface area (Å²) >= 11 is 0. The Bertz CT molecular complexity index is 2150. The fraction of sp³-hybridized carbons (Fsp3) is 0. The van der Waals surface area contributed by atoms with Gasteiger partial charge in [0.25, 0.3) is 0 Å². The number of nitrogens with zero attached hydrogens (tertiary/aromatic N) is 5. The fourth-order valence-corrected chi connectivity index (χ4v) is 5.20. The molecule has 0 atom stereocenters. The monoisotopic (exact) mass is 527 g/mol. The molecule has 3 aromatic heterocycles. The molecule has 192 valence electrons. The van der Waals surface area contributed by atoms with Crippen LogP contribution in [0.15, 0.2) is 132 Å². The van der Waals surface area contributed by atoms with E-state index in [1.54, 1.807) is 0 Å². The zero-order valence-corrected chi connectivity index (χ0v) is 21.8. The molecule has 41 heavy (non-hydrogen) atoms. The lowest BCUT2D eigenvalue weighted by Gasteiger charge is -2.09. The average Bonchev–Trinajstić information content (AvgIpc) is 3.43. The maximum atomic E-state index is 6.30. The first-order valence-electron chi connectivity index (χ1n) is 13.3. The summed E-state index contributed by atoms with van der Waals surface area (Å²) in [5.74, 6) is 1.82. The van der Waals surface area contributed by atoms with Crippen LogP contribution >= 0.6 is 0 Å². The van der Waals surface area contributed by atoms with E-state index >= 15 is 0 Å². The summed E-state index contributed by atoms with van der Waals surface area (Å²) in [7, 11) is 0. The topological polar surface area (TPSA) is 77.6 Å². The molecule has 6 heteroatoms. The van der Waals surface area contributed by atoms with Gasteiger partial charge in [0.05, 0.1) is 22.9 Å². The van der Waals surface area contributed by atoms with Gasteiger partial charge < -0.3 is 4.42 Å². The number of hydrogen-bond acceptors (Lipinski definition) is 6. The zero-order valence-electron chi connectivity index (χ0n) is 21.8. The Morgan fingerprint density at radius 2 is 1.12 bits per heavy atom. The SMILES string of the molecule is c1ccc(-c2nc(-c3ccccc3)nc(-c3cccc4oc5ccc(-c6cnc7ccccc7n6)cc5c34)n2)cc1. The molecule has 0 aliphatic heterocycles. The summed E-state index contributed by atoms with van der Waals surface area (Å²) in [6.45, 7) is 0. The maximum absolute atomic E-state index is 6.30. The summed E-state index contributed by atoms with van der Waals surface area (Å²) in [4.78, 5) is 24.3. The first kappa shape index (κ1) is 23.2. The summed E-state index contributed by atoms with van der Waals surface area (Å²) in [6, 6.07) is 40.0. The van der Waals surface area contributed by atoms with Gasteiger partial charge in [-0.15, -0.1) is 0 Å². The van der Waals surface area contributed by atoms with Crippen LogP contribution in [0.25, 0.3) is 78.4 Å². The number of rotatable bonds is 4. The molecular formula is C35H21N5O. The Kier molecular flexibility index (Phi) is 5.35. The van der Waals surface area contributed by atoms with Gasteiger partial charge in [-0.1, -0.05) is 84.9 Å². The van der Waals surface area contributed by atoms with Crippen molar-refractivity contribution in [2.45, 2.75) is 0 Å². The number of fused-ring (bicyclic) bond motifs is 4. The van der Waals surface area contributed by atoms with Crippen LogP contribution in [-0.4, -0.2) is 24.9 Å². The third-order valence-corrected chi connectivity index (χ3v) is 7.18. The Morgan fingerprint density at radius 3 is 1.85 bits per heavy atom. The molecule has 3 heterocycles. The molecule has 0 saturated heterocycles. The largest absolute Gasteiger partial charge is 0.456 e. The van der Waals surface area contributed by atoms with Gasteiger partial charge in [0.1, 0.15) is 11.2 Å². The second-order valence-corrected chi connectivity index (χ2v) is 9.77. The fourth-order valence-electron chi connectivity index (χ4n) is 5.20. The van der Waals surface area contributed by atoms with E-state index in [-0.39, 0.29) is 0 Å². The van der Waals surface area contributed by atoms with Crippen molar-refractivity contribution >= 4 is 33.0 Å². The second kappa shape index (κ2) is 9.47. The molecular weight excluding hydrogens is 506 g/mol. The van der Waals surface area contributed by atoms with E-state index in [1.807, 2.05) is 121 Å². The molecule has 0 aliphatic rings. The number of hydrogen-bond donors (Lipinski definition) is 0. The summed E-state index contributed by atoms with van der Waals surface area (Å²) in [5.41, 5.74) is 7.76. The van der Waals surface area contributed by atoms with E-state index in [9.17, 15) is 0 Å². The van der Waals surface area contributed by atoms with Crippen LogP contribution in [0, 0.1) is 0 Å². The van der Waals surface area contributed by atoms with Crippen molar-refractivity contribution in [2.75, 3.05) is 0 Å². The first-order chi connectivity index (χ1) is 20.3. The molecule has 8 aromatic rings. The van der Waals surface area contributed by atoms with E-state index in [0.717, 1.165) is 60.9 Å². The Labute approximate surface area is 235 Å². The predicted octanol–water partition coefficient (Wildman–Crippen LogP) is 8.38. The quantitative estimate of drug-likeness (QED) is 0.229. The molecule has 6 nitrogen and oxygen atoms in total. The summed E-state index contributed by atoms with van der Waals surface area (Å²) in [5, 5.41) is 1.91. The highest BCUT2D eigenvalue weighted by Gasteiger charge is 2.18. The van der Waals surface area contributed by atoms with E-state index in [2.05, 4.69) is 11.1 Å². The molecule has 8 rings (SSSR count). The second-order valence-electron chi connectivity index (χ2n) is 9.77. The highest BCUT2D eigenvalue weighted by molar-refractivity contribution is 6.12. The molecule has 0 radical (unpaired) electrons. The standard InChI is InChI=1S/C35H21N5O/c1-3-10-22(11-4-1)33-38-34(23-12-5-2-6-13-23)40-35(39-33)25-14-9-17-31-32(25)26-20-24(18-19-30(26)41-31)29-21-36-27-15-7-8-16-28(27)37-29/h1-21H. The highest BCUT2D eigenvalue weighted by Crippen LogP contribution is 2.38.